The predicted molar refractivity (Wildman–Crippen MR) is 117 cm³/mol. The number of pyridine rings is 1. The van der Waals surface area contributed by atoms with E-state index in [-0.39, 0.29) is 23.5 Å². The summed E-state index contributed by atoms with van der Waals surface area (Å²) in [6, 6.07) is 2.59. The maximum atomic E-state index is 12.7. The lowest BCUT2D eigenvalue weighted by atomic mass is 10.2. The summed E-state index contributed by atoms with van der Waals surface area (Å²) in [6.45, 7) is 6.46. The van der Waals surface area contributed by atoms with E-state index < -0.39 is 16.1 Å². The van der Waals surface area contributed by atoms with E-state index >= 15 is 0 Å². The molecule has 1 N–H and O–H groups in total. The molecule has 3 aliphatic rings. The van der Waals surface area contributed by atoms with Crippen LogP contribution in [0.1, 0.15) is 19.8 Å². The number of carbonyl (C=O) groups is 2. The molecule has 0 spiro atoms. The van der Waals surface area contributed by atoms with Gasteiger partial charge in [0, 0.05) is 45.5 Å². The van der Waals surface area contributed by atoms with Crippen molar-refractivity contribution in [3.05, 3.63) is 18.3 Å². The van der Waals surface area contributed by atoms with Crippen LogP contribution in [-0.4, -0.2) is 105 Å². The van der Waals surface area contributed by atoms with Crippen LogP contribution in [0.4, 0.5) is 10.6 Å². The fourth-order valence-corrected chi connectivity index (χ4v) is 5.52. The van der Waals surface area contributed by atoms with E-state index in [4.69, 9.17) is 4.74 Å². The molecule has 0 aromatic carbocycles. The molecule has 0 aliphatic carbocycles. The van der Waals surface area contributed by atoms with Crippen LogP contribution in [0.15, 0.2) is 23.2 Å². The highest BCUT2D eigenvalue weighted by molar-refractivity contribution is 7.89. The molecule has 176 valence electrons. The van der Waals surface area contributed by atoms with E-state index in [0.717, 1.165) is 6.42 Å². The second kappa shape index (κ2) is 9.69. The summed E-state index contributed by atoms with van der Waals surface area (Å²) in [5.41, 5.74) is 0. The van der Waals surface area contributed by atoms with Gasteiger partial charge in [-0.05, 0) is 18.6 Å². The number of urea groups is 1. The van der Waals surface area contributed by atoms with Crippen molar-refractivity contribution in [1.82, 2.24) is 24.4 Å². The van der Waals surface area contributed by atoms with Crippen molar-refractivity contribution in [2.24, 2.45) is 0 Å². The van der Waals surface area contributed by atoms with E-state index in [1.165, 1.54) is 15.4 Å². The lowest BCUT2D eigenvalue weighted by Gasteiger charge is -2.36. The van der Waals surface area contributed by atoms with Gasteiger partial charge in [0.05, 0.1) is 19.9 Å². The normalized spacial score (nSPS) is 23.6. The Bertz CT molecular complexity index is 926. The van der Waals surface area contributed by atoms with E-state index in [2.05, 4.69) is 20.1 Å². The van der Waals surface area contributed by atoms with Crippen molar-refractivity contribution in [2.45, 2.75) is 30.7 Å². The monoisotopic (exact) mass is 466 g/mol. The first kappa shape index (κ1) is 22.9. The molecule has 0 radical (unpaired) electrons. The number of ether oxygens (including phenoxy) is 1. The van der Waals surface area contributed by atoms with Crippen molar-refractivity contribution < 1.29 is 22.7 Å². The molecule has 0 bridgehead atoms. The van der Waals surface area contributed by atoms with Gasteiger partial charge in [0.1, 0.15) is 16.8 Å². The number of aromatic nitrogens is 1. The smallest absolute Gasteiger partial charge is 0.325 e. The second-order valence-corrected chi connectivity index (χ2v) is 10.1. The van der Waals surface area contributed by atoms with Gasteiger partial charge in [-0.15, -0.1) is 0 Å². The SMILES string of the molecule is CCC[C@@H]1NC(=O)N(CN2CCN(c3ccc(S(=O)(=O)N4CCOCC4)cn3)CC2)C1=O. The number of rotatable bonds is 7. The van der Waals surface area contributed by atoms with Crippen LogP contribution in [0, 0.1) is 0 Å². The summed E-state index contributed by atoms with van der Waals surface area (Å²) in [7, 11) is -3.56. The lowest BCUT2D eigenvalue weighted by Crippen LogP contribution is -2.51. The molecule has 1 atom stereocenters. The molecule has 3 aliphatic heterocycles. The van der Waals surface area contributed by atoms with Crippen LogP contribution in [0.2, 0.25) is 0 Å². The Hall–Kier alpha value is -2.28. The third kappa shape index (κ3) is 4.72. The highest BCUT2D eigenvalue weighted by Crippen LogP contribution is 2.20. The number of hydrogen-bond acceptors (Lipinski definition) is 8. The number of piperazine rings is 1. The number of imide groups is 1. The molecule has 3 saturated heterocycles. The molecule has 0 unspecified atom stereocenters. The van der Waals surface area contributed by atoms with Crippen LogP contribution < -0.4 is 10.2 Å². The fourth-order valence-electron chi connectivity index (χ4n) is 4.16. The molecule has 32 heavy (non-hydrogen) atoms. The highest BCUT2D eigenvalue weighted by atomic mass is 32.2. The highest BCUT2D eigenvalue weighted by Gasteiger charge is 2.38. The molecule has 0 saturated carbocycles. The van der Waals surface area contributed by atoms with Crippen molar-refractivity contribution in [2.75, 3.05) is 64.1 Å². The zero-order chi connectivity index (χ0) is 22.7. The maximum Gasteiger partial charge on any atom is 0.325 e. The number of morpholine rings is 1. The minimum atomic E-state index is -3.56. The fraction of sp³-hybridized carbons (Fsp3) is 0.650. The largest absolute Gasteiger partial charge is 0.379 e. The third-order valence-corrected chi connectivity index (χ3v) is 7.93. The topological polar surface area (TPSA) is 115 Å². The molecule has 1 aromatic rings. The Labute approximate surface area is 188 Å². The first-order valence-electron chi connectivity index (χ1n) is 11.0. The van der Waals surface area contributed by atoms with Gasteiger partial charge in [-0.25, -0.2) is 23.1 Å². The van der Waals surface area contributed by atoms with E-state index in [0.29, 0.717) is 64.7 Å². The minimum Gasteiger partial charge on any atom is -0.379 e. The van der Waals surface area contributed by atoms with Gasteiger partial charge in [-0.3, -0.25) is 9.69 Å². The number of nitrogens with zero attached hydrogens (tertiary/aromatic N) is 5. The van der Waals surface area contributed by atoms with Crippen LogP contribution in [0.25, 0.3) is 0 Å². The quantitative estimate of drug-likeness (QED) is 0.554. The number of anilines is 1. The molecular formula is C20H30N6O5S. The maximum absolute atomic E-state index is 12.7. The van der Waals surface area contributed by atoms with Gasteiger partial charge in [0.2, 0.25) is 10.0 Å². The summed E-state index contributed by atoms with van der Waals surface area (Å²) in [4.78, 5) is 34.6. The molecule has 12 heteroatoms. The standard InChI is InChI=1S/C20H30N6O5S/c1-2-3-17-19(27)26(20(28)22-17)15-23-6-8-24(9-7-23)18-5-4-16(14-21-18)32(29,30)25-10-12-31-13-11-25/h4-5,14,17H,2-3,6-13,15H2,1H3,(H,22,28)/t17-/m0/s1. The third-order valence-electron chi connectivity index (χ3n) is 6.05. The van der Waals surface area contributed by atoms with Crippen LogP contribution >= 0.6 is 0 Å². The minimum absolute atomic E-state index is 0.155. The molecule has 3 fully saturated rings. The zero-order valence-electron chi connectivity index (χ0n) is 18.3. The average Bonchev–Trinajstić information content (AvgIpc) is 3.08. The molecule has 4 heterocycles. The summed E-state index contributed by atoms with van der Waals surface area (Å²) < 4.78 is 32.1. The number of amides is 3. The first-order valence-corrected chi connectivity index (χ1v) is 12.5. The van der Waals surface area contributed by atoms with Crippen molar-refractivity contribution in [3.63, 3.8) is 0 Å². The number of nitrogens with one attached hydrogen (secondary N) is 1. The Morgan fingerprint density at radius 2 is 1.81 bits per heavy atom. The molecule has 3 amide bonds. The summed E-state index contributed by atoms with van der Waals surface area (Å²) >= 11 is 0. The Balaban J connectivity index is 1.32. The molecule has 11 nitrogen and oxygen atoms in total. The first-order chi connectivity index (χ1) is 15.4. The van der Waals surface area contributed by atoms with Crippen LogP contribution in [-0.2, 0) is 19.6 Å². The number of hydrogen-bond donors (Lipinski definition) is 1. The molecule has 1 aromatic heterocycles. The van der Waals surface area contributed by atoms with Crippen molar-refractivity contribution in [1.29, 1.82) is 0 Å². The van der Waals surface area contributed by atoms with Gasteiger partial charge in [-0.1, -0.05) is 13.3 Å². The van der Waals surface area contributed by atoms with Gasteiger partial charge in [-0.2, -0.15) is 4.31 Å². The van der Waals surface area contributed by atoms with E-state index in [1.807, 2.05) is 6.92 Å². The van der Waals surface area contributed by atoms with Gasteiger partial charge in [0.25, 0.3) is 5.91 Å². The van der Waals surface area contributed by atoms with Gasteiger partial charge < -0.3 is 15.0 Å². The van der Waals surface area contributed by atoms with Crippen molar-refractivity contribution >= 4 is 27.8 Å². The zero-order valence-corrected chi connectivity index (χ0v) is 19.1. The second-order valence-electron chi connectivity index (χ2n) is 8.17. The Morgan fingerprint density at radius 1 is 1.09 bits per heavy atom. The molecular weight excluding hydrogens is 436 g/mol. The van der Waals surface area contributed by atoms with E-state index in [9.17, 15) is 18.0 Å². The summed E-state index contributed by atoms with van der Waals surface area (Å²) in [6.07, 6.45) is 2.90. The van der Waals surface area contributed by atoms with Crippen molar-refractivity contribution in [3.8, 4) is 0 Å². The lowest BCUT2D eigenvalue weighted by molar-refractivity contribution is -0.129. The van der Waals surface area contributed by atoms with Gasteiger partial charge >= 0.3 is 6.03 Å². The molecule has 4 rings (SSSR count). The Kier molecular flexibility index (Phi) is 6.93. The summed E-state index contributed by atoms with van der Waals surface area (Å²) in [5.74, 6) is 0.557. The van der Waals surface area contributed by atoms with Crippen LogP contribution in [0.5, 0.6) is 0 Å². The number of sulfonamides is 1. The Morgan fingerprint density at radius 3 is 2.44 bits per heavy atom. The summed E-state index contributed by atoms with van der Waals surface area (Å²) in [5, 5.41) is 2.75. The van der Waals surface area contributed by atoms with E-state index in [1.54, 1.807) is 12.1 Å². The van der Waals surface area contributed by atoms with Gasteiger partial charge in [0.15, 0.2) is 0 Å². The number of carbonyl (C=O) groups excluding carboxylic acids is 2. The predicted octanol–water partition coefficient (Wildman–Crippen LogP) is -0.0975. The average molecular weight is 467 g/mol. The van der Waals surface area contributed by atoms with Crippen LogP contribution in [0.3, 0.4) is 0 Å².